The molecule has 1 N–H and O–H groups in total. The van der Waals surface area contributed by atoms with E-state index in [9.17, 15) is 5.11 Å². The van der Waals surface area contributed by atoms with Crippen LogP contribution in [0.4, 0.5) is 0 Å². The molecule has 15 heavy (non-hydrogen) atoms. The summed E-state index contributed by atoms with van der Waals surface area (Å²) in [6.45, 7) is 13.4. The van der Waals surface area contributed by atoms with Crippen LogP contribution in [0.2, 0.25) is 0 Å². The number of piperazine rings is 1. The lowest BCUT2D eigenvalue weighted by Gasteiger charge is -2.47. The summed E-state index contributed by atoms with van der Waals surface area (Å²) >= 11 is 0. The van der Waals surface area contributed by atoms with Crippen LogP contribution in [0, 0.1) is 5.41 Å². The van der Waals surface area contributed by atoms with Crippen LogP contribution in [0.5, 0.6) is 0 Å². The minimum absolute atomic E-state index is 0.0198. The van der Waals surface area contributed by atoms with Crippen LogP contribution in [-0.4, -0.2) is 60.3 Å². The second-order valence-corrected chi connectivity index (χ2v) is 6.27. The van der Waals surface area contributed by atoms with E-state index in [1.54, 1.807) is 0 Å². The van der Waals surface area contributed by atoms with E-state index in [4.69, 9.17) is 0 Å². The fourth-order valence-corrected chi connectivity index (χ4v) is 2.13. The molecule has 0 aliphatic carbocycles. The zero-order valence-corrected chi connectivity index (χ0v) is 10.9. The van der Waals surface area contributed by atoms with Crippen LogP contribution in [-0.2, 0) is 0 Å². The first kappa shape index (κ1) is 12.9. The summed E-state index contributed by atoms with van der Waals surface area (Å²) in [4.78, 5) is 4.88. The minimum Gasteiger partial charge on any atom is -0.396 e. The number of aliphatic hydroxyl groups is 1. The molecule has 0 aromatic carbocycles. The molecule has 0 amide bonds. The molecule has 90 valence electrons. The Labute approximate surface area is 94.1 Å². The molecule has 0 atom stereocenters. The van der Waals surface area contributed by atoms with E-state index in [-0.39, 0.29) is 17.6 Å². The smallest absolute Gasteiger partial charge is 0.0494 e. The van der Waals surface area contributed by atoms with Gasteiger partial charge in [-0.05, 0) is 20.9 Å². The molecule has 0 unspecified atom stereocenters. The van der Waals surface area contributed by atoms with Gasteiger partial charge in [0.2, 0.25) is 0 Å². The number of hydrogen-bond donors (Lipinski definition) is 1. The Morgan fingerprint density at radius 2 is 1.87 bits per heavy atom. The summed E-state index contributed by atoms with van der Waals surface area (Å²) < 4.78 is 0. The third kappa shape index (κ3) is 3.44. The van der Waals surface area contributed by atoms with Gasteiger partial charge in [0.05, 0.1) is 0 Å². The van der Waals surface area contributed by atoms with Gasteiger partial charge in [0.15, 0.2) is 0 Å². The monoisotopic (exact) mass is 214 g/mol. The van der Waals surface area contributed by atoms with Crippen LogP contribution in [0.1, 0.15) is 27.7 Å². The normalized spacial score (nSPS) is 24.4. The van der Waals surface area contributed by atoms with Crippen molar-refractivity contribution in [3.05, 3.63) is 0 Å². The van der Waals surface area contributed by atoms with Crippen LogP contribution in [0.15, 0.2) is 0 Å². The highest BCUT2D eigenvalue weighted by molar-refractivity contribution is 4.89. The average molecular weight is 214 g/mol. The number of hydrogen-bond acceptors (Lipinski definition) is 3. The first-order valence-corrected chi connectivity index (χ1v) is 5.81. The van der Waals surface area contributed by atoms with Gasteiger partial charge in [-0.15, -0.1) is 0 Å². The lowest BCUT2D eigenvalue weighted by atomic mass is 9.91. The highest BCUT2D eigenvalue weighted by atomic mass is 16.3. The van der Waals surface area contributed by atoms with Crippen molar-refractivity contribution in [3.8, 4) is 0 Å². The fourth-order valence-electron chi connectivity index (χ4n) is 2.13. The summed E-state index contributed by atoms with van der Waals surface area (Å²) in [6, 6.07) is 0. The second-order valence-electron chi connectivity index (χ2n) is 6.27. The van der Waals surface area contributed by atoms with Gasteiger partial charge in [0.1, 0.15) is 0 Å². The second kappa shape index (κ2) is 4.40. The Morgan fingerprint density at radius 3 is 2.33 bits per heavy atom. The zero-order chi connectivity index (χ0) is 11.7. The predicted octanol–water partition coefficient (Wildman–Crippen LogP) is 1.03. The van der Waals surface area contributed by atoms with Gasteiger partial charge in [0, 0.05) is 43.7 Å². The molecule has 0 aromatic rings. The van der Waals surface area contributed by atoms with Crippen molar-refractivity contribution < 1.29 is 5.11 Å². The molecule has 3 nitrogen and oxygen atoms in total. The molecule has 0 aromatic heterocycles. The Hall–Kier alpha value is -0.120. The third-order valence-corrected chi connectivity index (χ3v) is 3.48. The van der Waals surface area contributed by atoms with E-state index in [1.165, 1.54) is 0 Å². The lowest BCUT2D eigenvalue weighted by Crippen LogP contribution is -2.59. The summed E-state index contributed by atoms with van der Waals surface area (Å²) in [5, 5.41) is 9.27. The van der Waals surface area contributed by atoms with Gasteiger partial charge < -0.3 is 5.11 Å². The van der Waals surface area contributed by atoms with Crippen molar-refractivity contribution in [1.29, 1.82) is 0 Å². The molecule has 1 aliphatic heterocycles. The summed E-state index contributed by atoms with van der Waals surface area (Å²) in [5.74, 6) is 0. The highest BCUT2D eigenvalue weighted by Crippen LogP contribution is 2.23. The third-order valence-electron chi connectivity index (χ3n) is 3.48. The van der Waals surface area contributed by atoms with E-state index in [1.807, 2.05) is 0 Å². The minimum atomic E-state index is 0.0198. The summed E-state index contributed by atoms with van der Waals surface area (Å²) in [5.41, 5.74) is 0.274. The predicted molar refractivity (Wildman–Crippen MR) is 64.0 cm³/mol. The highest BCUT2D eigenvalue weighted by Gasteiger charge is 2.33. The van der Waals surface area contributed by atoms with Gasteiger partial charge in [-0.3, -0.25) is 9.80 Å². The fraction of sp³-hybridized carbons (Fsp3) is 1.00. The van der Waals surface area contributed by atoms with Crippen molar-refractivity contribution in [2.45, 2.75) is 33.2 Å². The number of rotatable bonds is 3. The first-order valence-electron chi connectivity index (χ1n) is 5.81. The topological polar surface area (TPSA) is 26.7 Å². The Bertz CT molecular complexity index is 212. The Morgan fingerprint density at radius 1 is 1.27 bits per heavy atom. The van der Waals surface area contributed by atoms with Crippen LogP contribution in [0.3, 0.4) is 0 Å². The van der Waals surface area contributed by atoms with Crippen molar-refractivity contribution in [3.63, 3.8) is 0 Å². The largest absolute Gasteiger partial charge is 0.396 e. The Kier molecular flexibility index (Phi) is 3.80. The number of aliphatic hydroxyl groups excluding tert-OH is 1. The molecule has 1 heterocycles. The van der Waals surface area contributed by atoms with Crippen LogP contribution in [0.25, 0.3) is 0 Å². The van der Waals surface area contributed by atoms with E-state index in [0.717, 1.165) is 26.2 Å². The van der Waals surface area contributed by atoms with Crippen LogP contribution >= 0.6 is 0 Å². The number of likely N-dealkylation sites (N-methyl/N-ethyl adjacent to an activating group) is 1. The molecule has 1 fully saturated rings. The van der Waals surface area contributed by atoms with Crippen molar-refractivity contribution in [2.75, 3.05) is 39.8 Å². The standard InChI is InChI=1S/C12H26N2O/c1-11(2,10-15)8-14-7-6-13(5)12(3,4)9-14/h15H,6-10H2,1-5H3. The molecule has 0 spiro atoms. The van der Waals surface area contributed by atoms with Crippen LogP contribution < -0.4 is 0 Å². The lowest BCUT2D eigenvalue weighted by molar-refractivity contribution is 0.0105. The number of nitrogens with zero attached hydrogens (tertiary/aromatic N) is 2. The molecule has 3 heteroatoms. The quantitative estimate of drug-likeness (QED) is 0.760. The van der Waals surface area contributed by atoms with Crippen molar-refractivity contribution >= 4 is 0 Å². The maximum absolute atomic E-state index is 9.27. The summed E-state index contributed by atoms with van der Waals surface area (Å²) in [7, 11) is 2.19. The first-order chi connectivity index (χ1) is 6.77. The van der Waals surface area contributed by atoms with Gasteiger partial charge in [0.25, 0.3) is 0 Å². The molecular formula is C12H26N2O. The molecule has 0 bridgehead atoms. The summed E-state index contributed by atoms with van der Waals surface area (Å²) in [6.07, 6.45) is 0. The van der Waals surface area contributed by atoms with E-state index in [2.05, 4.69) is 44.5 Å². The van der Waals surface area contributed by atoms with Gasteiger partial charge in [-0.1, -0.05) is 13.8 Å². The Balaban J connectivity index is 2.53. The maximum atomic E-state index is 9.27. The molecule has 0 radical (unpaired) electrons. The van der Waals surface area contributed by atoms with Gasteiger partial charge in [-0.25, -0.2) is 0 Å². The average Bonchev–Trinajstić information content (AvgIpc) is 2.10. The molecule has 1 rings (SSSR count). The maximum Gasteiger partial charge on any atom is 0.0494 e. The zero-order valence-electron chi connectivity index (χ0n) is 10.9. The van der Waals surface area contributed by atoms with E-state index >= 15 is 0 Å². The van der Waals surface area contributed by atoms with Gasteiger partial charge >= 0.3 is 0 Å². The molecule has 0 saturated carbocycles. The molecular weight excluding hydrogens is 188 g/mol. The molecule has 1 aliphatic rings. The van der Waals surface area contributed by atoms with E-state index < -0.39 is 0 Å². The molecule has 1 saturated heterocycles. The van der Waals surface area contributed by atoms with Crippen molar-refractivity contribution in [1.82, 2.24) is 9.80 Å². The van der Waals surface area contributed by atoms with Crippen molar-refractivity contribution in [2.24, 2.45) is 5.41 Å². The van der Waals surface area contributed by atoms with E-state index in [0.29, 0.717) is 0 Å². The SMILES string of the molecule is CN1CCN(CC(C)(C)CO)CC1(C)C. The van der Waals surface area contributed by atoms with Gasteiger partial charge in [-0.2, -0.15) is 0 Å².